The SMILES string of the molecule is CC(C)(C)S/N=C/c1ccnc(OC(F)F)c1Br. The molecule has 0 radical (unpaired) electrons. The molecule has 0 saturated carbocycles. The molecular formula is C11H13BrF2N2OS. The van der Waals surface area contributed by atoms with Gasteiger partial charge in [-0.1, -0.05) is 0 Å². The Morgan fingerprint density at radius 1 is 1.50 bits per heavy atom. The Morgan fingerprint density at radius 3 is 2.72 bits per heavy atom. The second kappa shape index (κ2) is 6.47. The van der Waals surface area contributed by atoms with Crippen LogP contribution in [0.3, 0.4) is 0 Å². The quantitative estimate of drug-likeness (QED) is 0.606. The topological polar surface area (TPSA) is 34.5 Å². The van der Waals surface area contributed by atoms with Crippen molar-refractivity contribution in [2.45, 2.75) is 32.1 Å². The molecule has 0 fully saturated rings. The van der Waals surface area contributed by atoms with Crippen LogP contribution < -0.4 is 4.74 Å². The Bertz CT molecular complexity index is 436. The highest BCUT2D eigenvalue weighted by atomic mass is 79.9. The van der Waals surface area contributed by atoms with Crippen molar-refractivity contribution in [3.63, 3.8) is 0 Å². The van der Waals surface area contributed by atoms with E-state index in [4.69, 9.17) is 0 Å². The number of ether oxygens (including phenoxy) is 1. The second-order valence-corrected chi connectivity index (χ2v) is 6.75. The summed E-state index contributed by atoms with van der Waals surface area (Å²) in [4.78, 5) is 3.72. The average molecular weight is 339 g/mol. The summed E-state index contributed by atoms with van der Waals surface area (Å²) in [6.07, 6.45) is 2.98. The van der Waals surface area contributed by atoms with E-state index in [0.717, 1.165) is 0 Å². The van der Waals surface area contributed by atoms with E-state index in [-0.39, 0.29) is 10.6 Å². The standard InChI is InChI=1S/C11H13BrF2N2OS/c1-11(2,3)18-16-6-7-4-5-15-9(8(7)12)17-10(13)14/h4-6,10H,1-3H3/b16-6+. The van der Waals surface area contributed by atoms with Crippen molar-refractivity contribution in [3.8, 4) is 5.88 Å². The van der Waals surface area contributed by atoms with E-state index in [9.17, 15) is 8.78 Å². The molecule has 18 heavy (non-hydrogen) atoms. The van der Waals surface area contributed by atoms with Crippen LogP contribution in [0.1, 0.15) is 26.3 Å². The highest BCUT2D eigenvalue weighted by Crippen LogP contribution is 2.28. The molecule has 0 bridgehead atoms. The van der Waals surface area contributed by atoms with Gasteiger partial charge in [0.25, 0.3) is 0 Å². The lowest BCUT2D eigenvalue weighted by molar-refractivity contribution is -0.0534. The fraction of sp³-hybridized carbons (Fsp3) is 0.455. The van der Waals surface area contributed by atoms with Crippen molar-refractivity contribution in [2.75, 3.05) is 0 Å². The van der Waals surface area contributed by atoms with E-state index in [1.165, 1.54) is 18.1 Å². The Labute approximate surface area is 117 Å². The first-order valence-electron chi connectivity index (χ1n) is 5.10. The van der Waals surface area contributed by atoms with Gasteiger partial charge in [-0.05, 0) is 54.7 Å². The molecule has 0 aromatic carbocycles. The largest absolute Gasteiger partial charge is 0.416 e. The first-order valence-corrected chi connectivity index (χ1v) is 6.67. The van der Waals surface area contributed by atoms with Gasteiger partial charge in [0, 0.05) is 22.7 Å². The maximum absolute atomic E-state index is 12.1. The van der Waals surface area contributed by atoms with Gasteiger partial charge in [-0.15, -0.1) is 0 Å². The Balaban J connectivity index is 2.84. The highest BCUT2D eigenvalue weighted by molar-refractivity contribution is 9.10. The molecule has 1 aromatic heterocycles. The van der Waals surface area contributed by atoms with Gasteiger partial charge in [-0.3, -0.25) is 0 Å². The number of rotatable bonds is 4. The lowest BCUT2D eigenvalue weighted by atomic mass is 10.3. The van der Waals surface area contributed by atoms with Crippen molar-refractivity contribution in [2.24, 2.45) is 4.40 Å². The minimum Gasteiger partial charge on any atom is -0.416 e. The molecule has 0 saturated heterocycles. The minimum atomic E-state index is -2.90. The van der Waals surface area contributed by atoms with Crippen LogP contribution in [0.2, 0.25) is 0 Å². The maximum atomic E-state index is 12.1. The van der Waals surface area contributed by atoms with Crippen LogP contribution >= 0.6 is 27.9 Å². The summed E-state index contributed by atoms with van der Waals surface area (Å²) in [6.45, 7) is 3.19. The van der Waals surface area contributed by atoms with E-state index >= 15 is 0 Å². The van der Waals surface area contributed by atoms with Crippen molar-refractivity contribution in [3.05, 3.63) is 22.3 Å². The van der Waals surface area contributed by atoms with E-state index in [1.807, 2.05) is 20.8 Å². The van der Waals surface area contributed by atoms with Crippen LogP contribution in [-0.2, 0) is 0 Å². The molecule has 3 nitrogen and oxygen atoms in total. The minimum absolute atomic E-state index is 0.00168. The zero-order valence-electron chi connectivity index (χ0n) is 10.2. The summed E-state index contributed by atoms with van der Waals surface area (Å²) >= 11 is 4.57. The van der Waals surface area contributed by atoms with Crippen LogP contribution in [0.4, 0.5) is 8.78 Å². The summed E-state index contributed by atoms with van der Waals surface area (Å²) in [5.74, 6) is -0.144. The predicted octanol–water partition coefficient (Wildman–Crippen LogP) is 4.31. The van der Waals surface area contributed by atoms with Gasteiger partial charge in [0.15, 0.2) is 0 Å². The van der Waals surface area contributed by atoms with Crippen LogP contribution in [0.15, 0.2) is 21.1 Å². The molecule has 0 aliphatic heterocycles. The summed E-state index contributed by atoms with van der Waals surface area (Å²) in [5, 5.41) is 0. The van der Waals surface area contributed by atoms with Gasteiger partial charge in [-0.2, -0.15) is 8.78 Å². The fourth-order valence-electron chi connectivity index (χ4n) is 0.946. The summed E-state index contributed by atoms with van der Waals surface area (Å²) in [6, 6.07) is 1.66. The molecular weight excluding hydrogens is 326 g/mol. The van der Waals surface area contributed by atoms with Crippen molar-refractivity contribution in [1.82, 2.24) is 4.98 Å². The lowest BCUT2D eigenvalue weighted by Crippen LogP contribution is -2.06. The van der Waals surface area contributed by atoms with Crippen molar-refractivity contribution in [1.29, 1.82) is 0 Å². The van der Waals surface area contributed by atoms with Crippen LogP contribution in [0.25, 0.3) is 0 Å². The normalized spacial score (nSPS) is 12.4. The van der Waals surface area contributed by atoms with Gasteiger partial charge in [0.05, 0.1) is 4.47 Å². The number of aromatic nitrogens is 1. The Morgan fingerprint density at radius 2 is 2.17 bits per heavy atom. The van der Waals surface area contributed by atoms with Gasteiger partial charge in [-0.25, -0.2) is 9.38 Å². The predicted molar refractivity (Wildman–Crippen MR) is 73.5 cm³/mol. The molecule has 0 aliphatic rings. The third kappa shape index (κ3) is 5.30. The number of alkyl halides is 2. The number of hydrogen-bond donors (Lipinski definition) is 0. The van der Waals surface area contributed by atoms with Gasteiger partial charge < -0.3 is 4.74 Å². The monoisotopic (exact) mass is 338 g/mol. The first kappa shape index (κ1) is 15.4. The number of pyridine rings is 1. The van der Waals surface area contributed by atoms with E-state index < -0.39 is 6.61 Å². The molecule has 0 N–H and O–H groups in total. The molecule has 1 rings (SSSR count). The molecule has 7 heteroatoms. The molecule has 0 unspecified atom stereocenters. The zero-order valence-corrected chi connectivity index (χ0v) is 12.6. The van der Waals surface area contributed by atoms with Crippen molar-refractivity contribution >= 4 is 34.1 Å². The van der Waals surface area contributed by atoms with E-state index in [0.29, 0.717) is 10.0 Å². The van der Waals surface area contributed by atoms with Crippen molar-refractivity contribution < 1.29 is 13.5 Å². The number of hydrogen-bond acceptors (Lipinski definition) is 4. The Hall–Kier alpha value is -0.690. The van der Waals surface area contributed by atoms with Gasteiger partial charge in [0.2, 0.25) is 5.88 Å². The van der Waals surface area contributed by atoms with Crippen LogP contribution in [0, 0.1) is 0 Å². The molecule has 100 valence electrons. The molecule has 0 amide bonds. The van der Waals surface area contributed by atoms with Crippen LogP contribution in [-0.4, -0.2) is 22.6 Å². The maximum Gasteiger partial charge on any atom is 0.388 e. The average Bonchev–Trinajstić information content (AvgIpc) is 2.21. The summed E-state index contributed by atoms with van der Waals surface area (Å²) in [5.41, 5.74) is 0.636. The van der Waals surface area contributed by atoms with E-state index in [2.05, 4.69) is 30.0 Å². The number of halogens is 3. The molecule has 0 atom stereocenters. The number of nitrogens with zero attached hydrogens (tertiary/aromatic N) is 2. The highest BCUT2D eigenvalue weighted by Gasteiger charge is 2.13. The van der Waals surface area contributed by atoms with E-state index in [1.54, 1.807) is 12.3 Å². The Kier molecular flexibility index (Phi) is 5.52. The van der Waals surface area contributed by atoms with Crippen LogP contribution in [0.5, 0.6) is 5.88 Å². The zero-order chi connectivity index (χ0) is 13.8. The fourth-order valence-corrected chi connectivity index (χ4v) is 1.86. The molecule has 1 heterocycles. The smallest absolute Gasteiger partial charge is 0.388 e. The summed E-state index contributed by atoms with van der Waals surface area (Å²) in [7, 11) is 0. The summed E-state index contributed by atoms with van der Waals surface area (Å²) < 4.78 is 33.1. The third-order valence-electron chi connectivity index (χ3n) is 1.61. The van der Waals surface area contributed by atoms with Gasteiger partial charge in [0.1, 0.15) is 0 Å². The second-order valence-electron chi connectivity index (χ2n) is 4.34. The molecule has 0 spiro atoms. The molecule has 0 aliphatic carbocycles. The third-order valence-corrected chi connectivity index (χ3v) is 3.16. The van der Waals surface area contributed by atoms with Gasteiger partial charge >= 0.3 is 6.61 Å². The lowest BCUT2D eigenvalue weighted by Gasteiger charge is -2.12. The molecule has 1 aromatic rings. The first-order chi connectivity index (χ1) is 8.29.